The molecular weight excluding hydrogens is 308 g/mol. The summed E-state index contributed by atoms with van der Waals surface area (Å²) in [4.78, 5) is 27.1. The van der Waals surface area contributed by atoms with E-state index in [1.165, 1.54) is 12.1 Å². The SMILES string of the molecule is Cc1ccccc1OC(C)CNC(=O)c1ccc(C(=O)O)c(C)n1. The van der Waals surface area contributed by atoms with Crippen LogP contribution in [0.25, 0.3) is 0 Å². The van der Waals surface area contributed by atoms with Gasteiger partial charge in [0.2, 0.25) is 0 Å². The molecule has 1 aromatic carbocycles. The molecule has 2 aromatic rings. The Labute approximate surface area is 140 Å². The molecule has 0 saturated carbocycles. The molecule has 24 heavy (non-hydrogen) atoms. The number of carboxylic acids is 1. The van der Waals surface area contributed by atoms with E-state index >= 15 is 0 Å². The van der Waals surface area contributed by atoms with Gasteiger partial charge in [-0.15, -0.1) is 0 Å². The van der Waals surface area contributed by atoms with Crippen molar-refractivity contribution in [1.29, 1.82) is 0 Å². The van der Waals surface area contributed by atoms with Crippen molar-refractivity contribution in [3.05, 3.63) is 58.9 Å². The number of aromatic carboxylic acids is 1. The summed E-state index contributed by atoms with van der Waals surface area (Å²) < 4.78 is 5.79. The summed E-state index contributed by atoms with van der Waals surface area (Å²) in [6.45, 7) is 5.69. The number of rotatable bonds is 6. The molecule has 0 bridgehead atoms. The Morgan fingerprint density at radius 3 is 2.54 bits per heavy atom. The maximum Gasteiger partial charge on any atom is 0.337 e. The fraction of sp³-hybridized carbons (Fsp3) is 0.278. The van der Waals surface area contributed by atoms with Gasteiger partial charge in [0.25, 0.3) is 5.91 Å². The molecule has 1 heterocycles. The van der Waals surface area contributed by atoms with Gasteiger partial charge in [-0.25, -0.2) is 9.78 Å². The van der Waals surface area contributed by atoms with Crippen molar-refractivity contribution >= 4 is 11.9 Å². The highest BCUT2D eigenvalue weighted by Crippen LogP contribution is 2.17. The molecule has 0 saturated heterocycles. The quantitative estimate of drug-likeness (QED) is 0.851. The molecule has 0 radical (unpaired) electrons. The highest BCUT2D eigenvalue weighted by atomic mass is 16.5. The van der Waals surface area contributed by atoms with Crippen molar-refractivity contribution < 1.29 is 19.4 Å². The second-order valence-electron chi connectivity index (χ2n) is 5.54. The monoisotopic (exact) mass is 328 g/mol. The maximum absolute atomic E-state index is 12.1. The summed E-state index contributed by atoms with van der Waals surface area (Å²) >= 11 is 0. The van der Waals surface area contributed by atoms with Gasteiger partial charge < -0.3 is 15.2 Å². The van der Waals surface area contributed by atoms with E-state index in [1.807, 2.05) is 38.1 Å². The Morgan fingerprint density at radius 2 is 1.92 bits per heavy atom. The normalized spacial score (nSPS) is 11.6. The summed E-state index contributed by atoms with van der Waals surface area (Å²) in [5, 5.41) is 11.7. The van der Waals surface area contributed by atoms with Crippen LogP contribution in [0.2, 0.25) is 0 Å². The minimum atomic E-state index is -1.06. The first-order valence-corrected chi connectivity index (χ1v) is 7.60. The van der Waals surface area contributed by atoms with Crippen molar-refractivity contribution in [2.24, 2.45) is 0 Å². The predicted octanol–water partition coefficient (Wildman–Crippen LogP) is 2.59. The van der Waals surface area contributed by atoms with Gasteiger partial charge in [0.1, 0.15) is 17.5 Å². The molecular formula is C18H20N2O4. The number of hydrogen-bond donors (Lipinski definition) is 2. The van der Waals surface area contributed by atoms with E-state index in [2.05, 4.69) is 10.3 Å². The maximum atomic E-state index is 12.1. The molecule has 1 atom stereocenters. The van der Waals surface area contributed by atoms with E-state index in [0.717, 1.165) is 11.3 Å². The molecule has 0 spiro atoms. The Bertz CT molecular complexity index is 758. The van der Waals surface area contributed by atoms with Gasteiger partial charge in [0.05, 0.1) is 17.8 Å². The van der Waals surface area contributed by atoms with Crippen LogP contribution in [0.5, 0.6) is 5.75 Å². The van der Waals surface area contributed by atoms with Crippen LogP contribution >= 0.6 is 0 Å². The van der Waals surface area contributed by atoms with E-state index in [9.17, 15) is 9.59 Å². The van der Waals surface area contributed by atoms with E-state index in [0.29, 0.717) is 12.2 Å². The van der Waals surface area contributed by atoms with Gasteiger partial charge in [-0.05, 0) is 44.5 Å². The molecule has 126 valence electrons. The van der Waals surface area contributed by atoms with Crippen molar-refractivity contribution in [3.8, 4) is 5.75 Å². The standard InChI is InChI=1S/C18H20N2O4/c1-11-6-4-5-7-16(11)24-12(2)10-19-17(21)15-9-8-14(18(22)23)13(3)20-15/h4-9,12H,10H2,1-3H3,(H,19,21)(H,22,23). The Kier molecular flexibility index (Phi) is 5.52. The fourth-order valence-corrected chi connectivity index (χ4v) is 2.19. The molecule has 0 aliphatic carbocycles. The predicted molar refractivity (Wildman–Crippen MR) is 89.5 cm³/mol. The van der Waals surface area contributed by atoms with Gasteiger partial charge in [-0.1, -0.05) is 18.2 Å². The van der Waals surface area contributed by atoms with Gasteiger partial charge in [0.15, 0.2) is 0 Å². The first-order valence-electron chi connectivity index (χ1n) is 7.60. The van der Waals surface area contributed by atoms with Gasteiger partial charge in [-0.2, -0.15) is 0 Å². The summed E-state index contributed by atoms with van der Waals surface area (Å²) in [6, 6.07) is 10.4. The molecule has 0 fully saturated rings. The van der Waals surface area contributed by atoms with Crippen LogP contribution in [0, 0.1) is 13.8 Å². The van der Waals surface area contributed by atoms with Crippen molar-refractivity contribution in [2.45, 2.75) is 26.9 Å². The number of benzene rings is 1. The van der Waals surface area contributed by atoms with Crippen LogP contribution in [-0.2, 0) is 0 Å². The number of carbonyl (C=O) groups is 2. The van der Waals surface area contributed by atoms with Gasteiger partial charge >= 0.3 is 5.97 Å². The van der Waals surface area contributed by atoms with Crippen LogP contribution in [-0.4, -0.2) is 34.6 Å². The zero-order chi connectivity index (χ0) is 17.7. The third-order valence-corrected chi connectivity index (χ3v) is 3.52. The smallest absolute Gasteiger partial charge is 0.337 e. The number of nitrogens with one attached hydrogen (secondary N) is 1. The second-order valence-corrected chi connectivity index (χ2v) is 5.54. The van der Waals surface area contributed by atoms with E-state index in [-0.39, 0.29) is 23.3 Å². The molecule has 1 unspecified atom stereocenters. The van der Waals surface area contributed by atoms with Crippen LogP contribution in [0.3, 0.4) is 0 Å². The Balaban J connectivity index is 1.94. The molecule has 2 N–H and O–H groups in total. The number of pyridine rings is 1. The first-order chi connectivity index (χ1) is 11.4. The number of carboxylic acid groups (broad SMARTS) is 1. The third-order valence-electron chi connectivity index (χ3n) is 3.52. The molecule has 1 amide bonds. The fourth-order valence-electron chi connectivity index (χ4n) is 2.19. The summed E-state index contributed by atoms with van der Waals surface area (Å²) in [5.41, 5.74) is 1.60. The second kappa shape index (κ2) is 7.59. The summed E-state index contributed by atoms with van der Waals surface area (Å²) in [6.07, 6.45) is -0.213. The lowest BCUT2D eigenvalue weighted by Gasteiger charge is -2.17. The minimum Gasteiger partial charge on any atom is -0.489 e. The topological polar surface area (TPSA) is 88.5 Å². The third kappa shape index (κ3) is 4.32. The van der Waals surface area contributed by atoms with Crippen molar-refractivity contribution in [3.63, 3.8) is 0 Å². The number of aryl methyl sites for hydroxylation is 2. The van der Waals surface area contributed by atoms with Gasteiger partial charge in [-0.3, -0.25) is 4.79 Å². The van der Waals surface area contributed by atoms with Crippen LogP contribution in [0.1, 0.15) is 39.0 Å². The highest BCUT2D eigenvalue weighted by molar-refractivity contribution is 5.94. The molecule has 2 rings (SSSR count). The lowest BCUT2D eigenvalue weighted by Crippen LogP contribution is -2.34. The lowest BCUT2D eigenvalue weighted by atomic mass is 10.2. The zero-order valence-electron chi connectivity index (χ0n) is 13.9. The van der Waals surface area contributed by atoms with E-state index in [1.54, 1.807) is 6.92 Å². The van der Waals surface area contributed by atoms with E-state index < -0.39 is 5.97 Å². The van der Waals surface area contributed by atoms with Crippen LogP contribution in [0.15, 0.2) is 36.4 Å². The largest absolute Gasteiger partial charge is 0.489 e. The van der Waals surface area contributed by atoms with Gasteiger partial charge in [0, 0.05) is 0 Å². The first kappa shape index (κ1) is 17.5. The van der Waals surface area contributed by atoms with E-state index in [4.69, 9.17) is 9.84 Å². The molecule has 6 heteroatoms. The number of amides is 1. The van der Waals surface area contributed by atoms with Crippen molar-refractivity contribution in [1.82, 2.24) is 10.3 Å². The van der Waals surface area contributed by atoms with Crippen molar-refractivity contribution in [2.75, 3.05) is 6.54 Å². The lowest BCUT2D eigenvalue weighted by molar-refractivity contribution is 0.0694. The van der Waals surface area contributed by atoms with Crippen LogP contribution in [0.4, 0.5) is 0 Å². The molecule has 0 aliphatic rings. The molecule has 0 aliphatic heterocycles. The molecule has 1 aromatic heterocycles. The zero-order valence-corrected chi connectivity index (χ0v) is 13.9. The number of aromatic nitrogens is 1. The summed E-state index contributed by atoms with van der Waals surface area (Å²) in [5.74, 6) is -0.651. The number of carbonyl (C=O) groups excluding carboxylic acids is 1. The number of para-hydroxylation sites is 1. The Morgan fingerprint density at radius 1 is 1.21 bits per heavy atom. The summed E-state index contributed by atoms with van der Waals surface area (Å²) in [7, 11) is 0. The minimum absolute atomic E-state index is 0.0859. The average molecular weight is 328 g/mol. The Hall–Kier alpha value is -2.89. The number of ether oxygens (including phenoxy) is 1. The number of nitrogens with zero attached hydrogens (tertiary/aromatic N) is 1. The van der Waals surface area contributed by atoms with Crippen LogP contribution < -0.4 is 10.1 Å². The molecule has 6 nitrogen and oxygen atoms in total. The average Bonchev–Trinajstić information content (AvgIpc) is 2.54. The highest BCUT2D eigenvalue weighted by Gasteiger charge is 2.14. The number of hydrogen-bond acceptors (Lipinski definition) is 4.